The Balaban J connectivity index is 1.69. The maximum Gasteiger partial charge on any atom is 0.257 e. The summed E-state index contributed by atoms with van der Waals surface area (Å²) in [5, 5.41) is 6.13. The highest BCUT2D eigenvalue weighted by molar-refractivity contribution is 6.04. The number of amides is 1. The zero-order chi connectivity index (χ0) is 18.4. The largest absolute Gasteiger partial charge is 0.494 e. The van der Waals surface area contributed by atoms with E-state index >= 15 is 0 Å². The number of carbonyl (C=O) groups excluding carboxylic acids is 1. The van der Waals surface area contributed by atoms with Crippen molar-refractivity contribution < 1.29 is 9.53 Å². The number of nitrogens with zero attached hydrogens (tertiary/aromatic N) is 1. The molecule has 132 valence electrons. The van der Waals surface area contributed by atoms with E-state index in [1.807, 2.05) is 62.4 Å². The number of carbonyl (C=O) groups is 1. The molecule has 26 heavy (non-hydrogen) atoms. The van der Waals surface area contributed by atoms with Crippen molar-refractivity contribution in [3.63, 3.8) is 0 Å². The molecular weight excluding hydrogens is 326 g/mol. The van der Waals surface area contributed by atoms with E-state index in [0.717, 1.165) is 22.7 Å². The van der Waals surface area contributed by atoms with E-state index in [0.29, 0.717) is 17.9 Å². The van der Waals surface area contributed by atoms with Crippen molar-refractivity contribution in [3.05, 3.63) is 78.1 Å². The standard InChI is InChI=1S/C21H21N3O2/c1-3-26-20-9-7-17(8-10-20)24-21(25)16-12-19(14-22-13-16)23-18-6-4-5-15(2)11-18/h4-14,23H,3H2,1-2H3,(H,24,25). The first-order valence-corrected chi connectivity index (χ1v) is 8.47. The van der Waals surface area contributed by atoms with Crippen LogP contribution in [-0.4, -0.2) is 17.5 Å². The molecule has 0 bridgehead atoms. The molecule has 5 heteroatoms. The summed E-state index contributed by atoms with van der Waals surface area (Å²) in [6.45, 7) is 4.57. The monoisotopic (exact) mass is 347 g/mol. The van der Waals surface area contributed by atoms with Gasteiger partial charge in [0.1, 0.15) is 5.75 Å². The Kier molecular flexibility index (Phi) is 5.49. The van der Waals surface area contributed by atoms with Crippen LogP contribution in [0.2, 0.25) is 0 Å². The zero-order valence-corrected chi connectivity index (χ0v) is 14.8. The number of aryl methyl sites for hydroxylation is 1. The summed E-state index contributed by atoms with van der Waals surface area (Å²) in [4.78, 5) is 16.6. The molecule has 1 heterocycles. The second kappa shape index (κ2) is 8.16. The summed E-state index contributed by atoms with van der Waals surface area (Å²) in [6.07, 6.45) is 3.24. The van der Waals surface area contributed by atoms with Crippen LogP contribution in [0.5, 0.6) is 5.75 Å². The Morgan fingerprint density at radius 2 is 1.81 bits per heavy atom. The van der Waals surface area contributed by atoms with Crippen molar-refractivity contribution in [1.29, 1.82) is 0 Å². The third-order valence-corrected chi connectivity index (χ3v) is 3.73. The van der Waals surface area contributed by atoms with Gasteiger partial charge in [-0.05, 0) is 61.9 Å². The summed E-state index contributed by atoms with van der Waals surface area (Å²) in [5.74, 6) is 0.561. The van der Waals surface area contributed by atoms with E-state index in [9.17, 15) is 4.79 Å². The van der Waals surface area contributed by atoms with Crippen molar-refractivity contribution in [3.8, 4) is 5.75 Å². The summed E-state index contributed by atoms with van der Waals surface area (Å²) in [7, 11) is 0. The third kappa shape index (κ3) is 4.60. The van der Waals surface area contributed by atoms with Gasteiger partial charge in [-0.15, -0.1) is 0 Å². The number of anilines is 3. The van der Waals surface area contributed by atoms with Crippen LogP contribution in [0, 0.1) is 6.92 Å². The summed E-state index contributed by atoms with van der Waals surface area (Å²) < 4.78 is 5.40. The second-order valence-electron chi connectivity index (χ2n) is 5.87. The van der Waals surface area contributed by atoms with E-state index < -0.39 is 0 Å². The van der Waals surface area contributed by atoms with Crippen LogP contribution in [-0.2, 0) is 0 Å². The molecule has 3 rings (SSSR count). The molecule has 0 aliphatic rings. The van der Waals surface area contributed by atoms with Gasteiger partial charge in [-0.25, -0.2) is 0 Å². The minimum Gasteiger partial charge on any atom is -0.494 e. The van der Waals surface area contributed by atoms with Crippen LogP contribution in [0.25, 0.3) is 0 Å². The lowest BCUT2D eigenvalue weighted by Crippen LogP contribution is -2.12. The van der Waals surface area contributed by atoms with Gasteiger partial charge in [0.2, 0.25) is 0 Å². The van der Waals surface area contributed by atoms with Gasteiger partial charge in [0.25, 0.3) is 5.91 Å². The predicted molar refractivity (Wildman–Crippen MR) is 104 cm³/mol. The van der Waals surface area contributed by atoms with Gasteiger partial charge < -0.3 is 15.4 Å². The van der Waals surface area contributed by atoms with E-state index in [-0.39, 0.29) is 5.91 Å². The summed E-state index contributed by atoms with van der Waals surface area (Å²) >= 11 is 0. The van der Waals surface area contributed by atoms with Crippen LogP contribution >= 0.6 is 0 Å². The predicted octanol–water partition coefficient (Wildman–Crippen LogP) is 4.78. The van der Waals surface area contributed by atoms with Gasteiger partial charge in [0, 0.05) is 17.6 Å². The lowest BCUT2D eigenvalue weighted by atomic mass is 10.2. The average Bonchev–Trinajstić information content (AvgIpc) is 2.64. The number of aromatic nitrogens is 1. The normalized spacial score (nSPS) is 10.2. The minimum atomic E-state index is -0.213. The second-order valence-corrected chi connectivity index (χ2v) is 5.87. The quantitative estimate of drug-likeness (QED) is 0.673. The number of nitrogens with one attached hydrogen (secondary N) is 2. The topological polar surface area (TPSA) is 63.2 Å². The molecule has 0 fully saturated rings. The van der Waals surface area contributed by atoms with Crippen LogP contribution in [0.3, 0.4) is 0 Å². The van der Waals surface area contributed by atoms with Gasteiger partial charge >= 0.3 is 0 Å². The Labute approximate surface area is 153 Å². The highest BCUT2D eigenvalue weighted by Crippen LogP contribution is 2.19. The first kappa shape index (κ1) is 17.5. The van der Waals surface area contributed by atoms with Crippen molar-refractivity contribution in [1.82, 2.24) is 4.98 Å². The van der Waals surface area contributed by atoms with Gasteiger partial charge in [0.05, 0.1) is 24.1 Å². The zero-order valence-electron chi connectivity index (χ0n) is 14.8. The lowest BCUT2D eigenvalue weighted by molar-refractivity contribution is 0.102. The molecule has 1 aromatic heterocycles. The van der Waals surface area contributed by atoms with Crippen LogP contribution in [0.1, 0.15) is 22.8 Å². The fraction of sp³-hybridized carbons (Fsp3) is 0.143. The molecular formula is C21H21N3O2. The molecule has 0 aliphatic heterocycles. The molecule has 3 aromatic rings. The first-order chi connectivity index (χ1) is 12.6. The van der Waals surface area contributed by atoms with E-state index in [1.54, 1.807) is 18.5 Å². The molecule has 0 saturated heterocycles. The lowest BCUT2D eigenvalue weighted by Gasteiger charge is -2.10. The molecule has 0 atom stereocenters. The molecule has 2 N–H and O–H groups in total. The number of ether oxygens (including phenoxy) is 1. The fourth-order valence-electron chi connectivity index (χ4n) is 2.53. The molecule has 2 aromatic carbocycles. The van der Waals surface area contributed by atoms with Crippen molar-refractivity contribution in [2.45, 2.75) is 13.8 Å². The van der Waals surface area contributed by atoms with Gasteiger partial charge in [-0.3, -0.25) is 9.78 Å². The Morgan fingerprint density at radius 1 is 1.00 bits per heavy atom. The summed E-state index contributed by atoms with van der Waals surface area (Å²) in [6, 6.07) is 17.1. The van der Waals surface area contributed by atoms with Crippen molar-refractivity contribution in [2.24, 2.45) is 0 Å². The highest BCUT2D eigenvalue weighted by atomic mass is 16.5. The number of pyridine rings is 1. The molecule has 0 saturated carbocycles. The maximum absolute atomic E-state index is 12.5. The Bertz CT molecular complexity index is 892. The highest BCUT2D eigenvalue weighted by Gasteiger charge is 2.08. The minimum absolute atomic E-state index is 0.213. The van der Waals surface area contributed by atoms with Gasteiger partial charge in [-0.2, -0.15) is 0 Å². The average molecular weight is 347 g/mol. The number of rotatable bonds is 6. The SMILES string of the molecule is CCOc1ccc(NC(=O)c2cncc(Nc3cccc(C)c3)c2)cc1. The number of hydrogen-bond donors (Lipinski definition) is 2. The van der Waals surface area contributed by atoms with Gasteiger partial charge in [-0.1, -0.05) is 12.1 Å². The van der Waals surface area contributed by atoms with E-state index in [1.165, 1.54) is 0 Å². The van der Waals surface area contributed by atoms with E-state index in [2.05, 4.69) is 15.6 Å². The fourth-order valence-corrected chi connectivity index (χ4v) is 2.53. The van der Waals surface area contributed by atoms with Crippen LogP contribution < -0.4 is 15.4 Å². The molecule has 0 radical (unpaired) electrons. The summed E-state index contributed by atoms with van der Waals surface area (Å²) in [5.41, 5.74) is 4.06. The van der Waals surface area contributed by atoms with Crippen molar-refractivity contribution >= 4 is 23.0 Å². The van der Waals surface area contributed by atoms with Crippen molar-refractivity contribution in [2.75, 3.05) is 17.2 Å². The van der Waals surface area contributed by atoms with Crippen LogP contribution in [0.4, 0.5) is 17.1 Å². The maximum atomic E-state index is 12.5. The molecule has 0 aliphatic carbocycles. The number of benzene rings is 2. The molecule has 0 unspecified atom stereocenters. The van der Waals surface area contributed by atoms with E-state index in [4.69, 9.17) is 4.74 Å². The smallest absolute Gasteiger partial charge is 0.257 e. The Hall–Kier alpha value is -3.34. The molecule has 0 spiro atoms. The molecule has 1 amide bonds. The van der Waals surface area contributed by atoms with Crippen LogP contribution in [0.15, 0.2) is 67.0 Å². The van der Waals surface area contributed by atoms with Gasteiger partial charge in [0.15, 0.2) is 0 Å². The first-order valence-electron chi connectivity index (χ1n) is 8.47. The molecule has 5 nitrogen and oxygen atoms in total. The Morgan fingerprint density at radius 3 is 2.54 bits per heavy atom. The number of hydrogen-bond acceptors (Lipinski definition) is 4. The third-order valence-electron chi connectivity index (χ3n) is 3.73.